The number of aliphatic hydroxyl groups is 1. The fourth-order valence-corrected chi connectivity index (χ4v) is 3.40. The molecule has 2 rings (SSSR count). The van der Waals surface area contributed by atoms with Crippen LogP contribution in [0.25, 0.3) is 0 Å². The third kappa shape index (κ3) is 3.03. The van der Waals surface area contributed by atoms with E-state index in [1.807, 2.05) is 11.6 Å². The van der Waals surface area contributed by atoms with Crippen molar-refractivity contribution in [2.75, 3.05) is 0 Å². The standard InChI is InChI=1S/C18H26N2O/c1-7-16-14(5)19-20(15(16)6)10-17(21)18-12(3)8-11(2)9-13(18)4/h8-9,17,21H,7,10H2,1-6H3. The lowest BCUT2D eigenvalue weighted by atomic mass is 9.95. The van der Waals surface area contributed by atoms with E-state index in [2.05, 4.69) is 51.9 Å². The molecule has 0 spiro atoms. The Kier molecular flexibility index (Phi) is 4.52. The molecule has 114 valence electrons. The molecule has 0 saturated heterocycles. The largest absolute Gasteiger partial charge is 0.386 e. The zero-order valence-electron chi connectivity index (χ0n) is 14.0. The lowest BCUT2D eigenvalue weighted by molar-refractivity contribution is 0.149. The zero-order chi connectivity index (χ0) is 15.7. The van der Waals surface area contributed by atoms with Gasteiger partial charge in [0.2, 0.25) is 0 Å². The highest BCUT2D eigenvalue weighted by Crippen LogP contribution is 2.26. The van der Waals surface area contributed by atoms with Gasteiger partial charge in [0.1, 0.15) is 0 Å². The Bertz CT molecular complexity index is 632. The van der Waals surface area contributed by atoms with Crippen molar-refractivity contribution in [1.82, 2.24) is 9.78 Å². The molecule has 0 fully saturated rings. The van der Waals surface area contributed by atoms with Crippen molar-refractivity contribution in [2.24, 2.45) is 0 Å². The van der Waals surface area contributed by atoms with E-state index >= 15 is 0 Å². The van der Waals surface area contributed by atoms with Crippen LogP contribution in [0.5, 0.6) is 0 Å². The van der Waals surface area contributed by atoms with Crippen molar-refractivity contribution >= 4 is 0 Å². The molecule has 1 heterocycles. The van der Waals surface area contributed by atoms with Crippen molar-refractivity contribution in [2.45, 2.75) is 60.6 Å². The highest BCUT2D eigenvalue weighted by molar-refractivity contribution is 5.39. The molecule has 0 aliphatic heterocycles. The molecule has 21 heavy (non-hydrogen) atoms. The van der Waals surface area contributed by atoms with Gasteiger partial charge in [-0.3, -0.25) is 4.68 Å². The molecule has 0 saturated carbocycles. The second-order valence-electron chi connectivity index (χ2n) is 6.01. The van der Waals surface area contributed by atoms with Crippen LogP contribution >= 0.6 is 0 Å². The van der Waals surface area contributed by atoms with Crippen LogP contribution in [0.1, 0.15) is 52.2 Å². The summed E-state index contributed by atoms with van der Waals surface area (Å²) in [6.07, 6.45) is 0.462. The summed E-state index contributed by atoms with van der Waals surface area (Å²) in [5, 5.41) is 15.2. The summed E-state index contributed by atoms with van der Waals surface area (Å²) in [5.41, 5.74) is 8.09. The quantitative estimate of drug-likeness (QED) is 0.930. The second-order valence-corrected chi connectivity index (χ2v) is 6.01. The van der Waals surface area contributed by atoms with E-state index in [1.165, 1.54) is 11.1 Å². The van der Waals surface area contributed by atoms with E-state index < -0.39 is 6.10 Å². The minimum Gasteiger partial charge on any atom is -0.386 e. The van der Waals surface area contributed by atoms with E-state index in [1.54, 1.807) is 0 Å². The number of nitrogens with zero attached hydrogens (tertiary/aromatic N) is 2. The van der Waals surface area contributed by atoms with Crippen LogP contribution in [0.2, 0.25) is 0 Å². The molecule has 1 aromatic heterocycles. The van der Waals surface area contributed by atoms with Crippen LogP contribution in [0.4, 0.5) is 0 Å². The SMILES string of the molecule is CCc1c(C)nn(CC(O)c2c(C)cc(C)cc2C)c1C. The predicted octanol–water partition coefficient (Wildman–Crippen LogP) is 3.72. The molecule has 0 aliphatic carbocycles. The average Bonchev–Trinajstić information content (AvgIpc) is 2.62. The van der Waals surface area contributed by atoms with Crippen LogP contribution in [0, 0.1) is 34.6 Å². The lowest BCUT2D eigenvalue weighted by Crippen LogP contribution is -2.14. The molecule has 3 heteroatoms. The Balaban J connectivity index is 2.33. The third-order valence-corrected chi connectivity index (χ3v) is 4.30. The van der Waals surface area contributed by atoms with E-state index in [-0.39, 0.29) is 0 Å². The van der Waals surface area contributed by atoms with Gasteiger partial charge in [0.15, 0.2) is 0 Å². The summed E-state index contributed by atoms with van der Waals surface area (Å²) < 4.78 is 1.94. The molecular weight excluding hydrogens is 260 g/mol. The Labute approximate surface area is 127 Å². The summed E-state index contributed by atoms with van der Waals surface area (Å²) in [4.78, 5) is 0. The van der Waals surface area contributed by atoms with E-state index in [9.17, 15) is 5.11 Å². The minimum atomic E-state index is -0.520. The second kappa shape index (κ2) is 6.02. The van der Waals surface area contributed by atoms with Crippen molar-refractivity contribution in [3.8, 4) is 0 Å². The predicted molar refractivity (Wildman–Crippen MR) is 86.7 cm³/mol. The van der Waals surface area contributed by atoms with Gasteiger partial charge in [-0.1, -0.05) is 24.6 Å². The van der Waals surface area contributed by atoms with Crippen LogP contribution in [-0.2, 0) is 13.0 Å². The van der Waals surface area contributed by atoms with Crippen LogP contribution in [0.3, 0.4) is 0 Å². The normalized spacial score (nSPS) is 12.7. The summed E-state index contributed by atoms with van der Waals surface area (Å²) in [6, 6.07) is 4.26. The Morgan fingerprint density at radius 1 is 1.10 bits per heavy atom. The Morgan fingerprint density at radius 2 is 1.67 bits per heavy atom. The molecule has 1 unspecified atom stereocenters. The maximum absolute atomic E-state index is 10.7. The van der Waals surface area contributed by atoms with Gasteiger partial charge in [-0.05, 0) is 63.3 Å². The topological polar surface area (TPSA) is 38.0 Å². The number of aryl methyl sites for hydroxylation is 4. The number of aromatic nitrogens is 2. The maximum atomic E-state index is 10.7. The molecule has 1 N–H and O–H groups in total. The molecule has 0 radical (unpaired) electrons. The number of aliphatic hydroxyl groups excluding tert-OH is 1. The fourth-order valence-electron chi connectivity index (χ4n) is 3.40. The van der Waals surface area contributed by atoms with Crippen LogP contribution in [-0.4, -0.2) is 14.9 Å². The van der Waals surface area contributed by atoms with Crippen LogP contribution < -0.4 is 0 Å². The Morgan fingerprint density at radius 3 is 2.14 bits per heavy atom. The molecule has 3 nitrogen and oxygen atoms in total. The highest BCUT2D eigenvalue weighted by Gasteiger charge is 2.17. The van der Waals surface area contributed by atoms with Crippen molar-refractivity contribution in [1.29, 1.82) is 0 Å². The van der Waals surface area contributed by atoms with E-state index in [0.717, 1.165) is 34.5 Å². The first-order valence-electron chi connectivity index (χ1n) is 7.63. The van der Waals surface area contributed by atoms with Gasteiger partial charge < -0.3 is 5.11 Å². The average molecular weight is 286 g/mol. The number of hydrogen-bond donors (Lipinski definition) is 1. The van der Waals surface area contributed by atoms with Gasteiger partial charge >= 0.3 is 0 Å². The van der Waals surface area contributed by atoms with Gasteiger partial charge in [-0.25, -0.2) is 0 Å². The zero-order valence-corrected chi connectivity index (χ0v) is 14.0. The fraction of sp³-hybridized carbons (Fsp3) is 0.500. The number of benzene rings is 1. The summed E-state index contributed by atoms with van der Waals surface area (Å²) in [5.74, 6) is 0. The summed E-state index contributed by atoms with van der Waals surface area (Å²) in [7, 11) is 0. The van der Waals surface area contributed by atoms with Crippen LogP contribution in [0.15, 0.2) is 12.1 Å². The number of rotatable bonds is 4. The molecule has 0 amide bonds. The van der Waals surface area contributed by atoms with Crippen molar-refractivity contribution in [3.05, 3.63) is 51.3 Å². The monoisotopic (exact) mass is 286 g/mol. The summed E-state index contributed by atoms with van der Waals surface area (Å²) in [6.45, 7) is 13.0. The van der Waals surface area contributed by atoms with Gasteiger partial charge in [0.05, 0.1) is 18.3 Å². The van der Waals surface area contributed by atoms with E-state index in [4.69, 9.17) is 0 Å². The first kappa shape index (κ1) is 15.8. The van der Waals surface area contributed by atoms with Gasteiger partial charge in [-0.2, -0.15) is 5.10 Å². The first-order valence-corrected chi connectivity index (χ1v) is 7.63. The minimum absolute atomic E-state index is 0.511. The number of hydrogen-bond acceptors (Lipinski definition) is 2. The van der Waals surface area contributed by atoms with Crippen molar-refractivity contribution < 1.29 is 5.11 Å². The molecule has 1 aromatic carbocycles. The lowest BCUT2D eigenvalue weighted by Gasteiger charge is -2.18. The molecule has 1 atom stereocenters. The maximum Gasteiger partial charge on any atom is 0.0991 e. The molecule has 2 aromatic rings. The van der Waals surface area contributed by atoms with Gasteiger partial charge in [0, 0.05) is 5.69 Å². The third-order valence-electron chi connectivity index (χ3n) is 4.30. The first-order chi connectivity index (χ1) is 9.85. The smallest absolute Gasteiger partial charge is 0.0991 e. The van der Waals surface area contributed by atoms with Gasteiger partial charge in [0.25, 0.3) is 0 Å². The van der Waals surface area contributed by atoms with Gasteiger partial charge in [-0.15, -0.1) is 0 Å². The summed E-state index contributed by atoms with van der Waals surface area (Å²) >= 11 is 0. The molecular formula is C18H26N2O. The Hall–Kier alpha value is -1.61. The highest BCUT2D eigenvalue weighted by atomic mass is 16.3. The molecule has 0 aliphatic rings. The molecule has 0 bridgehead atoms. The van der Waals surface area contributed by atoms with E-state index in [0.29, 0.717) is 6.54 Å². The van der Waals surface area contributed by atoms with Crippen molar-refractivity contribution in [3.63, 3.8) is 0 Å².